The van der Waals surface area contributed by atoms with E-state index in [1.54, 1.807) is 0 Å². The van der Waals surface area contributed by atoms with Crippen molar-refractivity contribution in [1.82, 2.24) is 0 Å². The molecule has 0 aliphatic heterocycles. The van der Waals surface area contributed by atoms with E-state index in [9.17, 15) is 0 Å². The van der Waals surface area contributed by atoms with Crippen molar-refractivity contribution in [2.45, 2.75) is 13.3 Å². The molecule has 0 aliphatic carbocycles. The number of para-hydroxylation sites is 1. The fourth-order valence-corrected chi connectivity index (χ4v) is 1.98. The van der Waals surface area contributed by atoms with E-state index < -0.39 is 0 Å². The fraction of sp³-hybridized carbons (Fsp3) is 0.158. The van der Waals surface area contributed by atoms with E-state index in [-0.39, 0.29) is 0 Å². The molecular weight excluding hydrogens is 242 g/mol. The fourth-order valence-electron chi connectivity index (χ4n) is 1.98. The van der Waals surface area contributed by atoms with Gasteiger partial charge in [-0.05, 0) is 31.0 Å². The molecule has 2 aromatic rings. The summed E-state index contributed by atoms with van der Waals surface area (Å²) in [4.78, 5) is 0. The van der Waals surface area contributed by atoms with Crippen LogP contribution in [-0.4, -0.2) is 6.54 Å². The Kier molecular flexibility index (Phi) is 5.03. The lowest BCUT2D eigenvalue weighted by Crippen LogP contribution is -1.99. The van der Waals surface area contributed by atoms with Crippen LogP contribution in [0.4, 0.5) is 5.69 Å². The van der Waals surface area contributed by atoms with Gasteiger partial charge < -0.3 is 5.32 Å². The minimum atomic E-state index is 0.876. The van der Waals surface area contributed by atoms with Crippen molar-refractivity contribution < 1.29 is 0 Å². The molecule has 0 saturated heterocycles. The number of hydrogen-bond acceptors (Lipinski definition) is 1. The minimum Gasteiger partial charge on any atom is -0.385 e. The molecule has 100 valence electrons. The first kappa shape index (κ1) is 14.0. The zero-order valence-corrected chi connectivity index (χ0v) is 11.8. The quantitative estimate of drug-likeness (QED) is 0.616. The van der Waals surface area contributed by atoms with E-state index in [0.29, 0.717) is 0 Å². The van der Waals surface area contributed by atoms with Crippen LogP contribution in [0.25, 0.3) is 5.57 Å². The second-order valence-electron chi connectivity index (χ2n) is 4.71. The van der Waals surface area contributed by atoms with Crippen molar-refractivity contribution in [2.75, 3.05) is 11.9 Å². The predicted molar refractivity (Wildman–Crippen MR) is 87.5 cm³/mol. The third kappa shape index (κ3) is 4.03. The van der Waals surface area contributed by atoms with Gasteiger partial charge in [0.1, 0.15) is 0 Å². The molecule has 0 radical (unpaired) electrons. The van der Waals surface area contributed by atoms with Crippen LogP contribution < -0.4 is 5.32 Å². The molecule has 0 aromatic heterocycles. The van der Waals surface area contributed by atoms with Crippen LogP contribution in [0.5, 0.6) is 0 Å². The molecule has 0 atom stereocenters. The second kappa shape index (κ2) is 7.21. The molecule has 2 aromatic carbocycles. The number of hydrogen-bond donors (Lipinski definition) is 1. The molecule has 2 rings (SSSR count). The largest absolute Gasteiger partial charge is 0.385 e. The smallest absolute Gasteiger partial charge is 0.0340 e. The molecule has 0 bridgehead atoms. The van der Waals surface area contributed by atoms with Gasteiger partial charge in [0.2, 0.25) is 0 Å². The van der Waals surface area contributed by atoms with E-state index in [4.69, 9.17) is 6.42 Å². The van der Waals surface area contributed by atoms with Gasteiger partial charge in [0.25, 0.3) is 0 Å². The third-order valence-electron chi connectivity index (χ3n) is 3.11. The maximum absolute atomic E-state index is 5.60. The molecule has 0 spiro atoms. The zero-order valence-electron chi connectivity index (χ0n) is 11.8. The zero-order chi connectivity index (χ0) is 14.2. The average molecular weight is 261 g/mol. The van der Waals surface area contributed by atoms with Crippen LogP contribution in [0.1, 0.15) is 17.5 Å². The van der Waals surface area contributed by atoms with Crippen LogP contribution in [0, 0.1) is 19.3 Å². The number of allylic oxidation sites excluding steroid dienone is 1. The van der Waals surface area contributed by atoms with E-state index in [2.05, 4.69) is 60.6 Å². The molecule has 20 heavy (non-hydrogen) atoms. The van der Waals surface area contributed by atoms with Gasteiger partial charge in [-0.2, -0.15) is 0 Å². The highest BCUT2D eigenvalue weighted by molar-refractivity contribution is 5.78. The number of rotatable bonds is 5. The Morgan fingerprint density at radius 2 is 1.80 bits per heavy atom. The van der Waals surface area contributed by atoms with E-state index >= 15 is 0 Å². The van der Waals surface area contributed by atoms with Crippen LogP contribution in [0.3, 0.4) is 0 Å². The summed E-state index contributed by atoms with van der Waals surface area (Å²) in [6.45, 7) is 2.95. The van der Waals surface area contributed by atoms with Crippen LogP contribution >= 0.6 is 0 Å². The SMILES string of the molecule is C#C/C(=C\CCNc1ccccc1)c1ccc(C)cc1. The van der Waals surface area contributed by atoms with Gasteiger partial charge in [-0.1, -0.05) is 60.0 Å². The van der Waals surface area contributed by atoms with Gasteiger partial charge in [-0.3, -0.25) is 0 Å². The highest BCUT2D eigenvalue weighted by atomic mass is 14.9. The van der Waals surface area contributed by atoms with Gasteiger partial charge in [-0.25, -0.2) is 0 Å². The second-order valence-corrected chi connectivity index (χ2v) is 4.71. The Balaban J connectivity index is 1.92. The third-order valence-corrected chi connectivity index (χ3v) is 3.11. The first-order valence-corrected chi connectivity index (χ1v) is 6.82. The standard InChI is InChI=1S/C19H19N/c1-3-17(18-13-11-16(2)12-14-18)8-7-15-20-19-9-5-4-6-10-19/h1,4-6,8-14,20H,7,15H2,2H3/b17-8+. The maximum atomic E-state index is 5.60. The number of anilines is 1. The summed E-state index contributed by atoms with van der Waals surface area (Å²) in [6, 6.07) is 18.5. The summed E-state index contributed by atoms with van der Waals surface area (Å²) in [5.74, 6) is 2.77. The molecule has 0 aliphatic rings. The highest BCUT2D eigenvalue weighted by Crippen LogP contribution is 2.15. The molecule has 0 unspecified atom stereocenters. The molecule has 0 amide bonds. The van der Waals surface area contributed by atoms with Crippen LogP contribution in [0.2, 0.25) is 0 Å². The molecule has 1 heteroatoms. The molecule has 0 heterocycles. The van der Waals surface area contributed by atoms with Crippen LogP contribution in [0.15, 0.2) is 60.7 Å². The summed E-state index contributed by atoms with van der Waals surface area (Å²) in [5.41, 5.74) is 4.45. The Morgan fingerprint density at radius 3 is 2.45 bits per heavy atom. The Morgan fingerprint density at radius 1 is 1.10 bits per heavy atom. The van der Waals surface area contributed by atoms with Gasteiger partial charge in [0.05, 0.1) is 0 Å². The topological polar surface area (TPSA) is 12.0 Å². The number of aryl methyl sites for hydroxylation is 1. The lowest BCUT2D eigenvalue weighted by molar-refractivity contribution is 1.07. The number of nitrogens with one attached hydrogen (secondary N) is 1. The number of benzene rings is 2. The van der Waals surface area contributed by atoms with E-state index in [1.807, 2.05) is 18.2 Å². The molecule has 0 saturated carbocycles. The Labute approximate surface area is 121 Å². The average Bonchev–Trinajstić information content (AvgIpc) is 2.50. The van der Waals surface area contributed by atoms with Crippen molar-refractivity contribution >= 4 is 11.3 Å². The van der Waals surface area contributed by atoms with E-state index in [1.165, 1.54) is 5.56 Å². The first-order chi connectivity index (χ1) is 9.79. The van der Waals surface area contributed by atoms with Gasteiger partial charge in [0, 0.05) is 17.8 Å². The summed E-state index contributed by atoms with van der Waals surface area (Å²) in [5, 5.41) is 3.37. The normalized spacial score (nSPS) is 10.9. The number of terminal acetylenes is 1. The monoisotopic (exact) mass is 261 g/mol. The Bertz CT molecular complexity index is 600. The van der Waals surface area contributed by atoms with Gasteiger partial charge in [-0.15, -0.1) is 6.42 Å². The molecule has 0 fully saturated rings. The minimum absolute atomic E-state index is 0.876. The van der Waals surface area contributed by atoms with Crippen molar-refractivity contribution in [3.8, 4) is 12.3 Å². The summed E-state index contributed by atoms with van der Waals surface area (Å²) >= 11 is 0. The lowest BCUT2D eigenvalue weighted by atomic mass is 10.0. The summed E-state index contributed by atoms with van der Waals surface area (Å²) in [6.07, 6.45) is 8.61. The molecule has 1 N–H and O–H groups in total. The van der Waals surface area contributed by atoms with Crippen molar-refractivity contribution in [3.05, 3.63) is 71.8 Å². The van der Waals surface area contributed by atoms with Crippen molar-refractivity contribution in [3.63, 3.8) is 0 Å². The summed E-state index contributed by atoms with van der Waals surface area (Å²) in [7, 11) is 0. The van der Waals surface area contributed by atoms with Gasteiger partial charge >= 0.3 is 0 Å². The maximum Gasteiger partial charge on any atom is 0.0340 e. The van der Waals surface area contributed by atoms with Crippen molar-refractivity contribution in [2.24, 2.45) is 0 Å². The van der Waals surface area contributed by atoms with Crippen molar-refractivity contribution in [1.29, 1.82) is 0 Å². The molecular formula is C19H19N. The van der Waals surface area contributed by atoms with E-state index in [0.717, 1.165) is 29.8 Å². The lowest BCUT2D eigenvalue weighted by Gasteiger charge is -2.05. The predicted octanol–water partition coefficient (Wildman–Crippen LogP) is 4.51. The highest BCUT2D eigenvalue weighted by Gasteiger charge is 1.97. The van der Waals surface area contributed by atoms with Crippen LogP contribution in [-0.2, 0) is 0 Å². The summed E-state index contributed by atoms with van der Waals surface area (Å²) < 4.78 is 0. The van der Waals surface area contributed by atoms with Gasteiger partial charge in [0.15, 0.2) is 0 Å². The first-order valence-electron chi connectivity index (χ1n) is 6.82. The Hall–Kier alpha value is -2.46. The molecule has 1 nitrogen and oxygen atoms in total.